The van der Waals surface area contributed by atoms with Crippen LogP contribution in [0.3, 0.4) is 0 Å². The highest BCUT2D eigenvalue weighted by Crippen LogP contribution is 2.25. The van der Waals surface area contributed by atoms with Crippen LogP contribution in [0.5, 0.6) is 0 Å². The van der Waals surface area contributed by atoms with Crippen LogP contribution in [0, 0.1) is 0 Å². The van der Waals surface area contributed by atoms with E-state index in [2.05, 4.69) is 10.3 Å². The number of carbonyl (C=O) groups is 1. The van der Waals surface area contributed by atoms with E-state index in [1.807, 2.05) is 30.6 Å². The van der Waals surface area contributed by atoms with Gasteiger partial charge in [-0.2, -0.15) is 5.10 Å². The van der Waals surface area contributed by atoms with Crippen molar-refractivity contribution in [1.82, 2.24) is 19.8 Å². The first-order chi connectivity index (χ1) is 10.1. The average molecular weight is 302 g/mol. The van der Waals surface area contributed by atoms with E-state index in [1.165, 1.54) is 0 Å². The molecule has 3 aromatic heterocycles. The summed E-state index contributed by atoms with van der Waals surface area (Å²) in [5.74, 6) is 0.435. The lowest BCUT2D eigenvalue weighted by Gasteiger charge is -2.15. The summed E-state index contributed by atoms with van der Waals surface area (Å²) in [4.78, 5) is 14.9. The van der Waals surface area contributed by atoms with Crippen molar-refractivity contribution in [2.45, 2.75) is 6.54 Å². The summed E-state index contributed by atoms with van der Waals surface area (Å²) in [5, 5.41) is 9.90. The molecule has 0 N–H and O–H groups in total. The van der Waals surface area contributed by atoms with Crippen molar-refractivity contribution in [3.8, 4) is 10.6 Å². The molecule has 3 rings (SSSR count). The fourth-order valence-electron chi connectivity index (χ4n) is 1.98. The van der Waals surface area contributed by atoms with E-state index in [0.717, 1.165) is 10.6 Å². The molecule has 0 aliphatic carbocycles. The van der Waals surface area contributed by atoms with Crippen molar-refractivity contribution in [2.75, 3.05) is 7.05 Å². The Hall–Kier alpha value is -2.41. The number of nitrogens with zero attached hydrogens (tertiary/aromatic N) is 4. The lowest BCUT2D eigenvalue weighted by Crippen LogP contribution is -2.27. The molecule has 0 aliphatic heterocycles. The highest BCUT2D eigenvalue weighted by molar-refractivity contribution is 7.13. The van der Waals surface area contributed by atoms with Gasteiger partial charge in [0.05, 0.1) is 17.1 Å². The van der Waals surface area contributed by atoms with Gasteiger partial charge >= 0.3 is 0 Å². The lowest BCUT2D eigenvalue weighted by atomic mass is 10.3. The van der Waals surface area contributed by atoms with Gasteiger partial charge in [0.15, 0.2) is 11.5 Å². The standard InChI is InChI=1S/C14H14N4O2S/c1-17(9-10-5-6-15-18(10)2)14(19)11-8-12(20-16-11)13-4-3-7-21-13/h3-8H,9H2,1-2H3. The molecule has 0 saturated carbocycles. The van der Waals surface area contributed by atoms with Crippen LogP contribution in [0.1, 0.15) is 16.2 Å². The zero-order chi connectivity index (χ0) is 14.8. The Labute approximate surface area is 125 Å². The molecule has 7 heteroatoms. The summed E-state index contributed by atoms with van der Waals surface area (Å²) in [7, 11) is 3.58. The van der Waals surface area contributed by atoms with Crippen LogP contribution in [-0.4, -0.2) is 32.8 Å². The molecule has 0 aromatic carbocycles. The van der Waals surface area contributed by atoms with Crippen molar-refractivity contribution in [1.29, 1.82) is 0 Å². The Balaban J connectivity index is 1.74. The molecule has 0 radical (unpaired) electrons. The monoisotopic (exact) mass is 302 g/mol. The van der Waals surface area contributed by atoms with Gasteiger partial charge in [0, 0.05) is 26.4 Å². The Kier molecular flexibility index (Phi) is 3.57. The van der Waals surface area contributed by atoms with Crippen LogP contribution in [-0.2, 0) is 13.6 Å². The molecule has 0 saturated heterocycles. The number of hydrogen-bond donors (Lipinski definition) is 0. The summed E-state index contributed by atoms with van der Waals surface area (Å²) < 4.78 is 6.97. The minimum Gasteiger partial charge on any atom is -0.355 e. The van der Waals surface area contributed by atoms with Crippen LogP contribution in [0.2, 0.25) is 0 Å². The molecule has 0 atom stereocenters. The van der Waals surface area contributed by atoms with Gasteiger partial charge < -0.3 is 9.42 Å². The van der Waals surface area contributed by atoms with Crippen molar-refractivity contribution in [3.63, 3.8) is 0 Å². The first-order valence-corrected chi connectivity index (χ1v) is 7.26. The zero-order valence-electron chi connectivity index (χ0n) is 11.7. The number of aryl methyl sites for hydroxylation is 1. The summed E-state index contributed by atoms with van der Waals surface area (Å²) in [6.07, 6.45) is 1.71. The molecule has 3 heterocycles. The van der Waals surface area contributed by atoms with Crippen molar-refractivity contribution < 1.29 is 9.32 Å². The molecule has 21 heavy (non-hydrogen) atoms. The molecule has 0 spiro atoms. The fourth-order valence-corrected chi connectivity index (χ4v) is 2.65. The second-order valence-corrected chi connectivity index (χ2v) is 5.61. The second kappa shape index (κ2) is 5.53. The predicted molar refractivity (Wildman–Crippen MR) is 78.8 cm³/mol. The van der Waals surface area contributed by atoms with Crippen LogP contribution in [0.25, 0.3) is 10.6 Å². The number of thiophene rings is 1. The molecule has 0 fully saturated rings. The van der Waals surface area contributed by atoms with Gasteiger partial charge in [-0.05, 0) is 17.5 Å². The van der Waals surface area contributed by atoms with E-state index in [1.54, 1.807) is 40.2 Å². The Morgan fingerprint density at radius 3 is 3.00 bits per heavy atom. The highest BCUT2D eigenvalue weighted by Gasteiger charge is 2.18. The third-order valence-electron chi connectivity index (χ3n) is 3.16. The van der Waals surface area contributed by atoms with E-state index < -0.39 is 0 Å². The van der Waals surface area contributed by atoms with Crippen LogP contribution >= 0.6 is 11.3 Å². The number of carbonyl (C=O) groups excluding carboxylic acids is 1. The van der Waals surface area contributed by atoms with Gasteiger partial charge in [-0.15, -0.1) is 11.3 Å². The first-order valence-electron chi connectivity index (χ1n) is 6.38. The van der Waals surface area contributed by atoms with E-state index in [-0.39, 0.29) is 5.91 Å². The number of amides is 1. The van der Waals surface area contributed by atoms with E-state index in [0.29, 0.717) is 18.0 Å². The maximum atomic E-state index is 12.3. The maximum Gasteiger partial charge on any atom is 0.276 e. The Morgan fingerprint density at radius 1 is 1.48 bits per heavy atom. The fraction of sp³-hybridized carbons (Fsp3) is 0.214. The van der Waals surface area contributed by atoms with Gasteiger partial charge in [-0.1, -0.05) is 11.2 Å². The van der Waals surface area contributed by atoms with Crippen molar-refractivity contribution in [2.24, 2.45) is 7.05 Å². The van der Waals surface area contributed by atoms with Crippen LogP contribution in [0.15, 0.2) is 40.4 Å². The average Bonchev–Trinajstić information content (AvgIpc) is 3.18. The number of hydrogen-bond acceptors (Lipinski definition) is 5. The summed E-state index contributed by atoms with van der Waals surface area (Å²) in [6, 6.07) is 7.41. The molecule has 3 aromatic rings. The molecule has 6 nitrogen and oxygen atoms in total. The Morgan fingerprint density at radius 2 is 2.33 bits per heavy atom. The normalized spacial score (nSPS) is 10.8. The first kappa shape index (κ1) is 13.6. The molecule has 108 valence electrons. The lowest BCUT2D eigenvalue weighted by molar-refractivity contribution is 0.0771. The Bertz CT molecular complexity index is 745. The summed E-state index contributed by atoms with van der Waals surface area (Å²) >= 11 is 1.54. The van der Waals surface area contributed by atoms with Gasteiger partial charge in [-0.25, -0.2) is 0 Å². The quantitative estimate of drug-likeness (QED) is 0.742. The van der Waals surface area contributed by atoms with Gasteiger partial charge in [0.2, 0.25) is 0 Å². The summed E-state index contributed by atoms with van der Waals surface area (Å²) in [5.41, 5.74) is 1.26. The van der Waals surface area contributed by atoms with E-state index in [4.69, 9.17) is 4.52 Å². The summed E-state index contributed by atoms with van der Waals surface area (Å²) in [6.45, 7) is 0.469. The molecular weight excluding hydrogens is 288 g/mol. The van der Waals surface area contributed by atoms with Crippen molar-refractivity contribution >= 4 is 17.2 Å². The smallest absolute Gasteiger partial charge is 0.276 e. The minimum absolute atomic E-state index is 0.178. The topological polar surface area (TPSA) is 64.2 Å². The predicted octanol–water partition coefficient (Wildman–Crippen LogP) is 2.41. The maximum absolute atomic E-state index is 12.3. The van der Waals surface area contributed by atoms with Gasteiger partial charge in [-0.3, -0.25) is 9.48 Å². The van der Waals surface area contributed by atoms with Crippen LogP contribution in [0.4, 0.5) is 0 Å². The zero-order valence-corrected chi connectivity index (χ0v) is 12.5. The number of aromatic nitrogens is 3. The van der Waals surface area contributed by atoms with Crippen molar-refractivity contribution in [3.05, 3.63) is 47.2 Å². The van der Waals surface area contributed by atoms with E-state index >= 15 is 0 Å². The molecule has 0 aliphatic rings. The third-order valence-corrected chi connectivity index (χ3v) is 4.05. The molecule has 0 bridgehead atoms. The van der Waals surface area contributed by atoms with E-state index in [9.17, 15) is 4.79 Å². The SMILES string of the molecule is CN(Cc1ccnn1C)C(=O)c1cc(-c2cccs2)on1. The van der Waals surface area contributed by atoms with Gasteiger partial charge in [0.1, 0.15) is 0 Å². The highest BCUT2D eigenvalue weighted by atomic mass is 32.1. The molecule has 1 amide bonds. The molecule has 0 unspecified atom stereocenters. The number of rotatable bonds is 4. The third kappa shape index (κ3) is 2.73. The largest absolute Gasteiger partial charge is 0.355 e. The minimum atomic E-state index is -0.178. The molecular formula is C14H14N4O2S. The second-order valence-electron chi connectivity index (χ2n) is 4.66. The van der Waals surface area contributed by atoms with Crippen LogP contribution < -0.4 is 0 Å². The van der Waals surface area contributed by atoms with Gasteiger partial charge in [0.25, 0.3) is 5.91 Å².